The fourth-order valence-corrected chi connectivity index (χ4v) is 4.73. The minimum Gasteiger partial charge on any atom is -0.376 e. The van der Waals surface area contributed by atoms with Crippen molar-refractivity contribution in [1.29, 1.82) is 0 Å². The van der Waals surface area contributed by atoms with E-state index in [1.165, 1.54) is 5.56 Å². The molecule has 31 heavy (non-hydrogen) atoms. The molecule has 2 aromatic carbocycles. The normalized spacial score (nSPS) is 20.6. The first-order chi connectivity index (χ1) is 15.1. The number of anilines is 1. The molecule has 5 rings (SSSR count). The predicted molar refractivity (Wildman–Crippen MR) is 120 cm³/mol. The van der Waals surface area contributed by atoms with Crippen molar-refractivity contribution in [3.05, 3.63) is 82.7 Å². The van der Waals surface area contributed by atoms with Gasteiger partial charge in [0.15, 0.2) is 0 Å². The molecule has 2 aliphatic rings. The third kappa shape index (κ3) is 3.72. The van der Waals surface area contributed by atoms with E-state index in [2.05, 4.69) is 24.4 Å². The molecule has 0 bridgehead atoms. The van der Waals surface area contributed by atoms with Crippen LogP contribution in [0.4, 0.5) is 5.69 Å². The van der Waals surface area contributed by atoms with Gasteiger partial charge in [0.2, 0.25) is 0 Å². The quantitative estimate of drug-likeness (QED) is 0.674. The summed E-state index contributed by atoms with van der Waals surface area (Å²) < 4.78 is 7.92. The fraction of sp³-hybridized carbons (Fsp3) is 0.360. The molecule has 1 fully saturated rings. The van der Waals surface area contributed by atoms with Gasteiger partial charge in [0.05, 0.1) is 23.9 Å². The summed E-state index contributed by atoms with van der Waals surface area (Å²) in [5, 5.41) is 8.46. The molecule has 0 saturated carbocycles. The molecule has 1 amide bonds. The number of carbonyl (C=O) groups excluding carboxylic acids is 1. The van der Waals surface area contributed by atoms with E-state index >= 15 is 0 Å². The highest BCUT2D eigenvalue weighted by atomic mass is 16.5. The molecule has 160 valence electrons. The highest BCUT2D eigenvalue weighted by Gasteiger charge is 2.37. The van der Waals surface area contributed by atoms with Gasteiger partial charge in [-0.3, -0.25) is 9.48 Å². The number of amides is 1. The summed E-state index contributed by atoms with van der Waals surface area (Å²) in [6, 6.07) is 18.1. The van der Waals surface area contributed by atoms with Crippen molar-refractivity contribution in [3.8, 4) is 0 Å². The number of benzene rings is 2. The van der Waals surface area contributed by atoms with Crippen LogP contribution in [-0.4, -0.2) is 39.8 Å². The Kier molecular flexibility index (Phi) is 5.24. The molecule has 1 aromatic heterocycles. The number of nitrogens with one attached hydrogen (secondary N) is 1. The van der Waals surface area contributed by atoms with E-state index in [0.29, 0.717) is 18.7 Å². The van der Waals surface area contributed by atoms with Crippen LogP contribution < -0.4 is 5.32 Å². The second-order valence-corrected chi connectivity index (χ2v) is 8.41. The number of nitrogens with zero attached hydrogens (tertiary/aromatic N) is 3. The molecular weight excluding hydrogens is 388 g/mol. The zero-order valence-electron chi connectivity index (χ0n) is 18.0. The van der Waals surface area contributed by atoms with Crippen molar-refractivity contribution in [2.75, 3.05) is 18.5 Å². The molecule has 6 heteroatoms. The summed E-state index contributed by atoms with van der Waals surface area (Å²) in [5.41, 5.74) is 5.86. The van der Waals surface area contributed by atoms with E-state index in [9.17, 15) is 4.79 Å². The molecule has 2 atom stereocenters. The van der Waals surface area contributed by atoms with Gasteiger partial charge in [0, 0.05) is 30.1 Å². The first-order valence-electron chi connectivity index (χ1n) is 11.0. The fourth-order valence-electron chi connectivity index (χ4n) is 4.73. The molecule has 0 radical (unpaired) electrons. The van der Waals surface area contributed by atoms with Gasteiger partial charge in [-0.25, -0.2) is 0 Å². The number of hydrogen-bond acceptors (Lipinski definition) is 4. The van der Waals surface area contributed by atoms with Gasteiger partial charge in [-0.2, -0.15) is 5.10 Å². The largest absolute Gasteiger partial charge is 0.376 e. The first-order valence-corrected chi connectivity index (χ1v) is 11.0. The summed E-state index contributed by atoms with van der Waals surface area (Å²) >= 11 is 0. The number of aromatic nitrogens is 2. The summed E-state index contributed by atoms with van der Waals surface area (Å²) in [7, 11) is 0. The van der Waals surface area contributed by atoms with Gasteiger partial charge in [-0.05, 0) is 44.4 Å². The van der Waals surface area contributed by atoms with Gasteiger partial charge < -0.3 is 15.0 Å². The monoisotopic (exact) mass is 416 g/mol. The van der Waals surface area contributed by atoms with Crippen molar-refractivity contribution in [2.45, 2.75) is 45.5 Å². The molecule has 0 unspecified atom stereocenters. The Morgan fingerprint density at radius 2 is 1.87 bits per heavy atom. The second-order valence-electron chi connectivity index (χ2n) is 8.41. The van der Waals surface area contributed by atoms with Gasteiger partial charge >= 0.3 is 0 Å². The maximum Gasteiger partial charge on any atom is 0.257 e. The lowest BCUT2D eigenvalue weighted by atomic mass is 10.0. The number of para-hydroxylation sites is 1. The number of rotatable bonds is 5. The molecule has 2 aliphatic heterocycles. The minimum absolute atomic E-state index is 0.0458. The van der Waals surface area contributed by atoms with E-state index in [0.717, 1.165) is 42.1 Å². The van der Waals surface area contributed by atoms with E-state index in [1.54, 1.807) is 0 Å². The summed E-state index contributed by atoms with van der Waals surface area (Å²) in [4.78, 5) is 15.4. The Balaban J connectivity index is 1.52. The molecule has 1 N–H and O–H groups in total. The van der Waals surface area contributed by atoms with E-state index in [1.807, 2.05) is 59.0 Å². The Labute approximate surface area is 182 Å². The molecule has 0 spiro atoms. The third-order valence-electron chi connectivity index (χ3n) is 6.33. The van der Waals surface area contributed by atoms with Crippen LogP contribution in [0.15, 0.2) is 54.6 Å². The number of hydrogen-bond donors (Lipinski definition) is 1. The SMILES string of the molecule is Cc1nn(Cc2ccccc2)c(C)c1[C@@H]1Nc2ccccc2C(=O)N1C[C@@H]1CCCO1. The number of aryl methyl sites for hydroxylation is 1. The summed E-state index contributed by atoms with van der Waals surface area (Å²) in [5.74, 6) is 0.0458. The maximum absolute atomic E-state index is 13.5. The Morgan fingerprint density at radius 1 is 1.10 bits per heavy atom. The van der Waals surface area contributed by atoms with Crippen LogP contribution in [0.25, 0.3) is 0 Å². The maximum atomic E-state index is 13.5. The zero-order chi connectivity index (χ0) is 21.4. The van der Waals surface area contributed by atoms with Crippen LogP contribution in [0.2, 0.25) is 0 Å². The van der Waals surface area contributed by atoms with Crippen LogP contribution in [0.1, 0.15) is 51.9 Å². The summed E-state index contributed by atoms with van der Waals surface area (Å²) in [6.07, 6.45) is 1.85. The van der Waals surface area contributed by atoms with Gasteiger partial charge in [0.25, 0.3) is 5.91 Å². The molecule has 1 saturated heterocycles. The molecular formula is C25H28N4O2. The lowest BCUT2D eigenvalue weighted by molar-refractivity contribution is 0.0425. The molecule has 6 nitrogen and oxygen atoms in total. The standard InChI is InChI=1S/C25H28N4O2/c1-17-23(18(2)29(27-17)15-19-9-4-3-5-10-19)24-26-22-13-7-6-12-21(22)25(30)28(24)16-20-11-8-14-31-20/h3-7,9-10,12-13,20,24,26H,8,11,14-16H2,1-2H3/t20-,24+/m0/s1. The Bertz CT molecular complexity index is 1090. The van der Waals surface area contributed by atoms with E-state index < -0.39 is 0 Å². The number of ether oxygens (including phenoxy) is 1. The van der Waals surface area contributed by atoms with Crippen molar-refractivity contribution in [1.82, 2.24) is 14.7 Å². The van der Waals surface area contributed by atoms with E-state index in [4.69, 9.17) is 9.84 Å². The first kappa shape index (κ1) is 19.8. The van der Waals surface area contributed by atoms with Crippen molar-refractivity contribution in [2.24, 2.45) is 0 Å². The van der Waals surface area contributed by atoms with Crippen LogP contribution in [0.5, 0.6) is 0 Å². The van der Waals surface area contributed by atoms with Crippen LogP contribution in [0.3, 0.4) is 0 Å². The molecule has 3 heterocycles. The zero-order valence-corrected chi connectivity index (χ0v) is 18.0. The van der Waals surface area contributed by atoms with Crippen LogP contribution >= 0.6 is 0 Å². The van der Waals surface area contributed by atoms with E-state index in [-0.39, 0.29) is 18.2 Å². The highest BCUT2D eigenvalue weighted by Crippen LogP contribution is 2.36. The lowest BCUT2D eigenvalue weighted by Crippen LogP contribution is -2.46. The molecule has 3 aromatic rings. The minimum atomic E-state index is -0.267. The van der Waals surface area contributed by atoms with Crippen molar-refractivity contribution < 1.29 is 9.53 Å². The molecule has 0 aliphatic carbocycles. The van der Waals surface area contributed by atoms with Crippen LogP contribution in [0, 0.1) is 13.8 Å². The Morgan fingerprint density at radius 3 is 2.65 bits per heavy atom. The third-order valence-corrected chi connectivity index (χ3v) is 6.33. The average Bonchev–Trinajstić information content (AvgIpc) is 3.39. The smallest absolute Gasteiger partial charge is 0.257 e. The summed E-state index contributed by atoms with van der Waals surface area (Å²) in [6.45, 7) is 6.18. The second kappa shape index (κ2) is 8.19. The van der Waals surface area contributed by atoms with Gasteiger partial charge in [-0.15, -0.1) is 0 Å². The predicted octanol–water partition coefficient (Wildman–Crippen LogP) is 4.29. The van der Waals surface area contributed by atoms with Crippen LogP contribution in [-0.2, 0) is 11.3 Å². The van der Waals surface area contributed by atoms with Gasteiger partial charge in [0.1, 0.15) is 6.17 Å². The lowest BCUT2D eigenvalue weighted by Gasteiger charge is -2.39. The average molecular weight is 417 g/mol. The number of fused-ring (bicyclic) bond motifs is 1. The van der Waals surface area contributed by atoms with Crippen molar-refractivity contribution in [3.63, 3.8) is 0 Å². The highest BCUT2D eigenvalue weighted by molar-refractivity contribution is 6.01. The number of carbonyl (C=O) groups is 1. The Hall–Kier alpha value is -3.12. The van der Waals surface area contributed by atoms with Crippen molar-refractivity contribution >= 4 is 11.6 Å². The topological polar surface area (TPSA) is 59.4 Å². The van der Waals surface area contributed by atoms with Gasteiger partial charge in [-0.1, -0.05) is 42.5 Å².